The van der Waals surface area contributed by atoms with Gasteiger partial charge in [0.2, 0.25) is 0 Å². The van der Waals surface area contributed by atoms with Gasteiger partial charge in [-0.05, 0) is 62.4 Å². The summed E-state index contributed by atoms with van der Waals surface area (Å²) in [6.07, 6.45) is -0.185. The number of hydrogen-bond donors (Lipinski definition) is 0. The predicted octanol–water partition coefficient (Wildman–Crippen LogP) is 3.48. The Morgan fingerprint density at radius 2 is 1.26 bits per heavy atom. The molecule has 0 aliphatic heterocycles. The largest absolute Gasteiger partial charge is 0.497 e. The number of rotatable bonds is 5. The lowest BCUT2D eigenvalue weighted by atomic mass is 10.2. The van der Waals surface area contributed by atoms with E-state index < -0.39 is 11.9 Å². The second-order valence-electron chi connectivity index (χ2n) is 5.10. The molecule has 5 heteroatoms. The van der Waals surface area contributed by atoms with E-state index in [1.165, 1.54) is 0 Å². The number of ether oxygens (including phenoxy) is 3. The van der Waals surface area contributed by atoms with Gasteiger partial charge in [-0.3, -0.25) is 0 Å². The summed E-state index contributed by atoms with van der Waals surface area (Å²) < 4.78 is 15.4. The third-order valence-corrected chi connectivity index (χ3v) is 2.97. The van der Waals surface area contributed by atoms with Crippen molar-refractivity contribution in [1.29, 1.82) is 0 Å². The van der Waals surface area contributed by atoms with Crippen LogP contribution in [0.25, 0.3) is 0 Å². The molecule has 23 heavy (non-hydrogen) atoms. The lowest BCUT2D eigenvalue weighted by Crippen LogP contribution is -2.12. The van der Waals surface area contributed by atoms with Crippen LogP contribution in [0, 0.1) is 0 Å². The average molecular weight is 314 g/mol. The lowest BCUT2D eigenvalue weighted by molar-refractivity contribution is 0.0378. The van der Waals surface area contributed by atoms with Crippen molar-refractivity contribution < 1.29 is 23.8 Å². The molecular formula is C18H18O5. The standard InChI is InChI=1S/C18H18O5/c1-12(2)22-17(19)13-6-10-16(11-7-13)23-18(20)14-4-8-15(21-3)9-5-14/h4-12H,1-3H3. The Bertz CT molecular complexity index is 672. The molecule has 0 bridgehead atoms. The van der Waals surface area contributed by atoms with Crippen molar-refractivity contribution in [3.05, 3.63) is 59.7 Å². The van der Waals surface area contributed by atoms with Gasteiger partial charge < -0.3 is 14.2 Å². The Labute approximate surface area is 134 Å². The zero-order valence-electron chi connectivity index (χ0n) is 13.2. The van der Waals surface area contributed by atoms with E-state index in [4.69, 9.17) is 14.2 Å². The highest BCUT2D eigenvalue weighted by molar-refractivity contribution is 5.92. The fourth-order valence-electron chi connectivity index (χ4n) is 1.83. The minimum Gasteiger partial charge on any atom is -0.497 e. The summed E-state index contributed by atoms with van der Waals surface area (Å²) >= 11 is 0. The molecule has 0 aromatic heterocycles. The molecule has 0 saturated heterocycles. The number of carbonyl (C=O) groups is 2. The van der Waals surface area contributed by atoms with Crippen LogP contribution in [-0.4, -0.2) is 25.2 Å². The Balaban J connectivity index is 2.02. The van der Waals surface area contributed by atoms with Gasteiger partial charge in [-0.15, -0.1) is 0 Å². The average Bonchev–Trinajstić information content (AvgIpc) is 2.55. The first kappa shape index (κ1) is 16.5. The molecule has 2 aromatic carbocycles. The van der Waals surface area contributed by atoms with Gasteiger partial charge in [-0.25, -0.2) is 9.59 Å². The van der Waals surface area contributed by atoms with Crippen molar-refractivity contribution in [1.82, 2.24) is 0 Å². The molecule has 0 fully saturated rings. The maximum Gasteiger partial charge on any atom is 0.343 e. The normalized spacial score (nSPS) is 10.3. The third-order valence-electron chi connectivity index (χ3n) is 2.97. The van der Waals surface area contributed by atoms with Crippen LogP contribution in [0.15, 0.2) is 48.5 Å². The van der Waals surface area contributed by atoms with E-state index in [1.807, 2.05) is 0 Å². The first-order valence-electron chi connectivity index (χ1n) is 7.17. The summed E-state index contributed by atoms with van der Waals surface area (Å²) in [6, 6.07) is 12.8. The molecule has 120 valence electrons. The van der Waals surface area contributed by atoms with Crippen molar-refractivity contribution in [2.45, 2.75) is 20.0 Å². The van der Waals surface area contributed by atoms with Crippen LogP contribution in [-0.2, 0) is 4.74 Å². The molecule has 0 aliphatic rings. The molecule has 0 radical (unpaired) electrons. The summed E-state index contributed by atoms with van der Waals surface area (Å²) in [7, 11) is 1.55. The van der Waals surface area contributed by atoms with Crippen LogP contribution in [0.4, 0.5) is 0 Å². The minimum absolute atomic E-state index is 0.185. The van der Waals surface area contributed by atoms with Crippen molar-refractivity contribution in [2.24, 2.45) is 0 Å². The van der Waals surface area contributed by atoms with Gasteiger partial charge in [0.1, 0.15) is 11.5 Å². The Kier molecular flexibility index (Phi) is 5.36. The molecular weight excluding hydrogens is 296 g/mol. The first-order valence-corrected chi connectivity index (χ1v) is 7.17. The molecule has 0 unspecified atom stereocenters. The number of hydrogen-bond acceptors (Lipinski definition) is 5. The monoisotopic (exact) mass is 314 g/mol. The van der Waals surface area contributed by atoms with Crippen LogP contribution < -0.4 is 9.47 Å². The molecule has 2 aromatic rings. The van der Waals surface area contributed by atoms with Crippen LogP contribution >= 0.6 is 0 Å². The molecule has 0 heterocycles. The van der Waals surface area contributed by atoms with E-state index in [9.17, 15) is 9.59 Å². The van der Waals surface area contributed by atoms with Gasteiger partial charge in [0.05, 0.1) is 24.3 Å². The van der Waals surface area contributed by atoms with Gasteiger partial charge in [0.25, 0.3) is 0 Å². The lowest BCUT2D eigenvalue weighted by Gasteiger charge is -2.09. The van der Waals surface area contributed by atoms with Gasteiger partial charge in [0.15, 0.2) is 0 Å². The van der Waals surface area contributed by atoms with Crippen LogP contribution in [0.2, 0.25) is 0 Å². The van der Waals surface area contributed by atoms with Crippen LogP contribution in [0.5, 0.6) is 11.5 Å². The van der Waals surface area contributed by atoms with Gasteiger partial charge in [0, 0.05) is 0 Å². The van der Waals surface area contributed by atoms with Gasteiger partial charge >= 0.3 is 11.9 Å². The fourth-order valence-corrected chi connectivity index (χ4v) is 1.83. The number of benzene rings is 2. The molecule has 0 atom stereocenters. The third kappa shape index (κ3) is 4.57. The van der Waals surface area contributed by atoms with Crippen molar-refractivity contribution in [3.8, 4) is 11.5 Å². The summed E-state index contributed by atoms with van der Waals surface area (Å²) in [6.45, 7) is 3.56. The predicted molar refractivity (Wildman–Crippen MR) is 84.9 cm³/mol. The van der Waals surface area contributed by atoms with Crippen molar-refractivity contribution in [2.75, 3.05) is 7.11 Å². The molecule has 5 nitrogen and oxygen atoms in total. The summed E-state index contributed by atoms with van der Waals surface area (Å²) in [5, 5.41) is 0. The molecule has 0 aliphatic carbocycles. The highest BCUT2D eigenvalue weighted by Gasteiger charge is 2.11. The van der Waals surface area contributed by atoms with E-state index in [-0.39, 0.29) is 6.10 Å². The smallest absolute Gasteiger partial charge is 0.343 e. The van der Waals surface area contributed by atoms with E-state index in [2.05, 4.69) is 0 Å². The summed E-state index contributed by atoms with van der Waals surface area (Å²) in [5.41, 5.74) is 0.817. The van der Waals surface area contributed by atoms with E-state index in [0.29, 0.717) is 22.6 Å². The zero-order valence-corrected chi connectivity index (χ0v) is 13.2. The highest BCUT2D eigenvalue weighted by Crippen LogP contribution is 2.17. The molecule has 0 saturated carbocycles. The quantitative estimate of drug-likeness (QED) is 0.624. The van der Waals surface area contributed by atoms with Crippen molar-refractivity contribution in [3.63, 3.8) is 0 Å². The first-order chi connectivity index (χ1) is 11.0. The number of methoxy groups -OCH3 is 1. The maximum atomic E-state index is 12.0. The Hall–Kier alpha value is -2.82. The second-order valence-corrected chi connectivity index (χ2v) is 5.10. The zero-order chi connectivity index (χ0) is 16.8. The van der Waals surface area contributed by atoms with E-state index in [0.717, 1.165) is 0 Å². The number of esters is 2. The summed E-state index contributed by atoms with van der Waals surface area (Å²) in [5.74, 6) is 0.125. The minimum atomic E-state index is -0.481. The number of carbonyl (C=O) groups excluding carboxylic acids is 2. The van der Waals surface area contributed by atoms with Crippen molar-refractivity contribution >= 4 is 11.9 Å². The molecule has 0 N–H and O–H groups in total. The van der Waals surface area contributed by atoms with E-state index >= 15 is 0 Å². The maximum absolute atomic E-state index is 12.0. The molecule has 0 amide bonds. The Morgan fingerprint density at radius 1 is 0.783 bits per heavy atom. The van der Waals surface area contributed by atoms with E-state index in [1.54, 1.807) is 69.5 Å². The second kappa shape index (κ2) is 7.45. The molecule has 0 spiro atoms. The SMILES string of the molecule is COc1ccc(C(=O)Oc2ccc(C(=O)OC(C)C)cc2)cc1. The summed E-state index contributed by atoms with van der Waals surface area (Å²) in [4.78, 5) is 23.8. The topological polar surface area (TPSA) is 61.8 Å². The fraction of sp³-hybridized carbons (Fsp3) is 0.222. The van der Waals surface area contributed by atoms with Crippen LogP contribution in [0.3, 0.4) is 0 Å². The van der Waals surface area contributed by atoms with Gasteiger partial charge in [-0.1, -0.05) is 0 Å². The molecule has 2 rings (SSSR count). The van der Waals surface area contributed by atoms with Gasteiger partial charge in [-0.2, -0.15) is 0 Å². The highest BCUT2D eigenvalue weighted by atomic mass is 16.5. The van der Waals surface area contributed by atoms with Crippen LogP contribution in [0.1, 0.15) is 34.6 Å². The Morgan fingerprint density at radius 3 is 1.74 bits per heavy atom.